The van der Waals surface area contributed by atoms with Gasteiger partial charge in [0.25, 0.3) is 11.4 Å². The third-order valence-corrected chi connectivity index (χ3v) is 11.8. The first-order valence-corrected chi connectivity index (χ1v) is 20.9. The van der Waals surface area contributed by atoms with E-state index in [1.807, 2.05) is 43.3 Å². The molecule has 6 N–H and O–H groups in total. The van der Waals surface area contributed by atoms with Crippen LogP contribution in [-0.2, 0) is 13.1 Å². The Morgan fingerprint density at radius 1 is 0.583 bits per heavy atom. The number of nitro groups is 2. The minimum atomic E-state index is -0.905. The van der Waals surface area contributed by atoms with Crippen molar-refractivity contribution < 1.29 is 30.3 Å². The fourth-order valence-electron chi connectivity index (χ4n) is 5.73. The fraction of sp³-hybridized carbons (Fsp3) is 0.163. The number of halogens is 3. The van der Waals surface area contributed by atoms with E-state index >= 15 is 0 Å². The van der Waals surface area contributed by atoms with Crippen LogP contribution in [0, 0.1) is 27.2 Å². The monoisotopic (exact) mass is 908 g/mol. The summed E-state index contributed by atoms with van der Waals surface area (Å²) in [7, 11) is 0. The van der Waals surface area contributed by atoms with Crippen molar-refractivity contribution in [2.75, 3.05) is 10.6 Å². The molecule has 0 saturated carbocycles. The van der Waals surface area contributed by atoms with Crippen LogP contribution >= 0.6 is 58.3 Å². The van der Waals surface area contributed by atoms with Crippen LogP contribution in [0.1, 0.15) is 53.9 Å². The zero-order chi connectivity index (χ0) is 43.7. The third-order valence-electron chi connectivity index (χ3n) is 8.85. The predicted molar refractivity (Wildman–Crippen MR) is 239 cm³/mol. The highest BCUT2D eigenvalue weighted by atomic mass is 35.5. The number of rotatable bonds is 14. The largest absolute Gasteiger partial charge is 0.505 e. The molecule has 0 radical (unpaired) electrons. The Hall–Kier alpha value is -5.19. The number of nitrogens with one attached hydrogen (secondary N) is 2. The smallest absolute Gasteiger partial charge is 0.269 e. The van der Waals surface area contributed by atoms with E-state index in [1.165, 1.54) is 79.8 Å². The fourth-order valence-corrected chi connectivity index (χ4v) is 8.15. The van der Waals surface area contributed by atoms with E-state index in [0.717, 1.165) is 25.1 Å². The second kappa shape index (κ2) is 20.9. The maximum Gasteiger partial charge on any atom is 0.269 e. The molecule has 0 aromatic heterocycles. The maximum absolute atomic E-state index is 11.2. The Bertz CT molecular complexity index is 2320. The van der Waals surface area contributed by atoms with Gasteiger partial charge in [-0.2, -0.15) is 0 Å². The molecule has 17 heteroatoms. The van der Waals surface area contributed by atoms with Gasteiger partial charge in [-0.05, 0) is 105 Å². The number of aliphatic hydroxyl groups excluding tert-OH is 2. The summed E-state index contributed by atoms with van der Waals surface area (Å²) < 4.78 is 0. The van der Waals surface area contributed by atoms with E-state index in [-0.39, 0.29) is 36.0 Å². The summed E-state index contributed by atoms with van der Waals surface area (Å²) in [6.07, 6.45) is -1.80. The Morgan fingerprint density at radius 2 is 0.967 bits per heavy atom. The van der Waals surface area contributed by atoms with E-state index in [9.17, 15) is 40.7 Å². The van der Waals surface area contributed by atoms with Crippen LogP contribution in [0.3, 0.4) is 0 Å². The number of non-ortho nitro benzene ring substituents is 2. The van der Waals surface area contributed by atoms with E-state index in [4.69, 9.17) is 34.8 Å². The van der Waals surface area contributed by atoms with Crippen molar-refractivity contribution in [1.82, 2.24) is 0 Å². The lowest BCUT2D eigenvalue weighted by Crippen LogP contribution is -2.04. The zero-order valence-corrected chi connectivity index (χ0v) is 36.1. The van der Waals surface area contributed by atoms with Gasteiger partial charge in [-0.15, -0.1) is 0 Å². The first kappa shape index (κ1) is 45.9. The number of phenolic OH excluding ortho intramolecular Hbond substituents is 2. The normalized spacial score (nSPS) is 11.9. The van der Waals surface area contributed by atoms with Crippen molar-refractivity contribution in [3.05, 3.63) is 172 Å². The number of phenols is 2. The van der Waals surface area contributed by atoms with Crippen molar-refractivity contribution >= 4 is 81.1 Å². The summed E-state index contributed by atoms with van der Waals surface area (Å²) >= 11 is 21.1. The highest BCUT2D eigenvalue weighted by molar-refractivity contribution is 7.99. The van der Waals surface area contributed by atoms with Crippen molar-refractivity contribution in [3.63, 3.8) is 0 Å². The lowest BCUT2D eigenvalue weighted by Gasteiger charge is -2.16. The van der Waals surface area contributed by atoms with Gasteiger partial charge in [-0.25, -0.2) is 0 Å². The summed E-state index contributed by atoms with van der Waals surface area (Å²) in [6, 6.07) is 30.7. The molecule has 0 aliphatic carbocycles. The number of aryl methyl sites for hydroxylation is 1. The number of aromatic hydroxyl groups is 2. The highest BCUT2D eigenvalue weighted by Crippen LogP contribution is 2.39. The Labute approximate surface area is 369 Å². The molecule has 0 spiro atoms. The number of aliphatic hydroxyl groups is 2. The van der Waals surface area contributed by atoms with Gasteiger partial charge < -0.3 is 31.1 Å². The Kier molecular flexibility index (Phi) is 16.0. The Morgan fingerprint density at radius 3 is 1.33 bits per heavy atom. The molecular formula is C43H39Cl3N4O8S2. The van der Waals surface area contributed by atoms with Crippen LogP contribution in [0.15, 0.2) is 129 Å². The summed E-state index contributed by atoms with van der Waals surface area (Å²) in [5.41, 5.74) is 3.74. The summed E-state index contributed by atoms with van der Waals surface area (Å²) in [4.78, 5) is 25.2. The molecule has 0 heterocycles. The zero-order valence-electron chi connectivity index (χ0n) is 32.2. The van der Waals surface area contributed by atoms with Crippen LogP contribution in [0.25, 0.3) is 0 Å². The van der Waals surface area contributed by atoms with Crippen molar-refractivity contribution in [2.45, 2.75) is 65.7 Å². The van der Waals surface area contributed by atoms with Gasteiger partial charge in [0.2, 0.25) is 0 Å². The van der Waals surface area contributed by atoms with Crippen LogP contribution in [0.4, 0.5) is 22.7 Å². The quantitative estimate of drug-likeness (QED) is 0.0345. The molecule has 0 fully saturated rings. The topological polar surface area (TPSA) is 191 Å². The number of nitro benzene ring substituents is 2. The van der Waals surface area contributed by atoms with Gasteiger partial charge in [0.05, 0.1) is 33.4 Å². The number of nitrogens with zero attached hydrogens (tertiary/aromatic N) is 2. The van der Waals surface area contributed by atoms with E-state index in [1.54, 1.807) is 30.3 Å². The average molecular weight is 910 g/mol. The molecule has 6 aromatic rings. The summed E-state index contributed by atoms with van der Waals surface area (Å²) in [5.74, 6) is -0.223. The molecule has 0 aliphatic heterocycles. The molecule has 0 bridgehead atoms. The molecule has 312 valence electrons. The molecule has 60 heavy (non-hydrogen) atoms. The van der Waals surface area contributed by atoms with Crippen LogP contribution in [0.2, 0.25) is 15.1 Å². The lowest BCUT2D eigenvalue weighted by molar-refractivity contribution is -0.385. The molecule has 0 aliphatic rings. The van der Waals surface area contributed by atoms with Gasteiger partial charge in [0, 0.05) is 83.1 Å². The van der Waals surface area contributed by atoms with Gasteiger partial charge >= 0.3 is 0 Å². The maximum atomic E-state index is 11.2. The molecule has 6 aromatic carbocycles. The summed E-state index contributed by atoms with van der Waals surface area (Å²) in [5, 5.41) is 70.5. The predicted octanol–water partition coefficient (Wildman–Crippen LogP) is 12.5. The second-order valence-electron chi connectivity index (χ2n) is 13.4. The minimum Gasteiger partial charge on any atom is -0.505 e. The second-order valence-corrected chi connectivity index (χ2v) is 17.0. The number of hydrogen-bond acceptors (Lipinski definition) is 12. The van der Waals surface area contributed by atoms with Gasteiger partial charge in [0.15, 0.2) is 0 Å². The minimum absolute atomic E-state index is 0.0139. The number of benzene rings is 6. The van der Waals surface area contributed by atoms with Crippen LogP contribution < -0.4 is 10.6 Å². The van der Waals surface area contributed by atoms with E-state index in [0.29, 0.717) is 48.7 Å². The highest BCUT2D eigenvalue weighted by Gasteiger charge is 2.18. The third kappa shape index (κ3) is 12.4. The molecule has 12 nitrogen and oxygen atoms in total. The molecule has 0 amide bonds. The number of anilines is 2. The molecule has 6 rings (SSSR count). The molecule has 2 atom stereocenters. The SMILES string of the molecule is CC(O)c1cc(Cl)cc(NCc2cc([N+](=O)[O-])ccc2Sc2ccc(Cl)cc2)c1O.Cc1ccc(Sc2ccc([N+](=O)[O-])cc2CNc2cc(Cl)cc(C(C)O)c2O)cc1. The van der Waals surface area contributed by atoms with E-state index < -0.39 is 22.1 Å². The van der Waals surface area contributed by atoms with E-state index in [2.05, 4.69) is 10.6 Å². The molecule has 2 unspecified atom stereocenters. The van der Waals surface area contributed by atoms with Gasteiger partial charge in [-0.1, -0.05) is 76.0 Å². The first-order chi connectivity index (χ1) is 28.5. The van der Waals surface area contributed by atoms with Crippen molar-refractivity contribution in [3.8, 4) is 11.5 Å². The van der Waals surface area contributed by atoms with Crippen molar-refractivity contribution in [2.24, 2.45) is 0 Å². The van der Waals surface area contributed by atoms with Gasteiger partial charge in [-0.3, -0.25) is 20.2 Å². The average Bonchev–Trinajstić information content (AvgIpc) is 3.20. The standard InChI is InChI=1S/C22H21ClN2O4S.C21H18Cl2N2O4S/c1-13-3-6-18(7-4-13)30-21-8-5-17(25(28)29)9-15(21)12-24-20-11-16(23)10-19(14(2)26)22(20)27;1-12(26)18-9-15(23)10-19(21(18)27)24-11-13-8-16(25(28)29)4-7-20(13)30-17-5-2-14(22)3-6-17/h3-11,14,24,26-27H,12H2,1-2H3;2-10,12,24,26-27H,11H2,1H3. The Balaban J connectivity index is 0.000000228. The number of hydrogen-bond donors (Lipinski definition) is 6. The lowest BCUT2D eigenvalue weighted by atomic mass is 10.1. The van der Waals surface area contributed by atoms with Crippen LogP contribution in [-0.4, -0.2) is 30.3 Å². The van der Waals surface area contributed by atoms with Crippen LogP contribution in [0.5, 0.6) is 11.5 Å². The van der Waals surface area contributed by atoms with Crippen molar-refractivity contribution in [1.29, 1.82) is 0 Å². The van der Waals surface area contributed by atoms with Gasteiger partial charge in [0.1, 0.15) is 11.5 Å². The molecular weight excluding hydrogens is 871 g/mol. The first-order valence-electron chi connectivity index (χ1n) is 18.1. The summed E-state index contributed by atoms with van der Waals surface area (Å²) in [6.45, 7) is 5.49. The molecule has 0 saturated heterocycles.